The Morgan fingerprint density at radius 1 is 1.25 bits per heavy atom. The highest BCUT2D eigenvalue weighted by molar-refractivity contribution is 6.10. The molecule has 0 bridgehead atoms. The van der Waals surface area contributed by atoms with Crippen molar-refractivity contribution in [3.05, 3.63) is 65.2 Å². The zero-order valence-corrected chi connectivity index (χ0v) is 11.3. The van der Waals surface area contributed by atoms with Crippen molar-refractivity contribution in [1.82, 2.24) is 0 Å². The number of carbonyl (C=O) groups is 1. The number of rotatable bonds is 5. The first-order valence-electron chi connectivity index (χ1n) is 6.69. The van der Waals surface area contributed by atoms with E-state index < -0.39 is 0 Å². The summed E-state index contributed by atoms with van der Waals surface area (Å²) in [5, 5.41) is 0. The van der Waals surface area contributed by atoms with Crippen molar-refractivity contribution in [3.8, 4) is 5.75 Å². The van der Waals surface area contributed by atoms with Crippen molar-refractivity contribution in [3.63, 3.8) is 0 Å². The van der Waals surface area contributed by atoms with Crippen molar-refractivity contribution in [1.29, 1.82) is 0 Å². The van der Waals surface area contributed by atoms with Crippen LogP contribution in [0.25, 0.3) is 0 Å². The molecule has 1 fully saturated rings. The van der Waals surface area contributed by atoms with E-state index in [-0.39, 0.29) is 11.9 Å². The van der Waals surface area contributed by atoms with E-state index in [0.29, 0.717) is 23.5 Å². The summed E-state index contributed by atoms with van der Waals surface area (Å²) in [7, 11) is 0. The Morgan fingerprint density at radius 2 is 2.00 bits per heavy atom. The van der Waals surface area contributed by atoms with Gasteiger partial charge in [0.25, 0.3) is 0 Å². The Hall–Kier alpha value is -2.13. The highest BCUT2D eigenvalue weighted by Crippen LogP contribution is 2.24. The van der Waals surface area contributed by atoms with E-state index in [4.69, 9.17) is 9.47 Å². The molecule has 3 nitrogen and oxygen atoms in total. The highest BCUT2D eigenvalue weighted by Gasteiger charge is 2.24. The summed E-state index contributed by atoms with van der Waals surface area (Å²) in [4.78, 5) is 12.6. The lowest BCUT2D eigenvalue weighted by atomic mass is 10.0. The van der Waals surface area contributed by atoms with Gasteiger partial charge in [-0.3, -0.25) is 4.79 Å². The molecule has 1 saturated heterocycles. The van der Waals surface area contributed by atoms with Crippen molar-refractivity contribution in [2.45, 2.75) is 13.0 Å². The Labute approximate surface area is 118 Å². The molecule has 1 aliphatic rings. The lowest BCUT2D eigenvalue weighted by molar-refractivity contribution is 0.103. The molecular formula is C17H16O3. The molecule has 0 spiro atoms. The summed E-state index contributed by atoms with van der Waals surface area (Å²) in [6.07, 6.45) is 0.177. The van der Waals surface area contributed by atoms with Crippen LogP contribution in [-0.4, -0.2) is 25.1 Å². The largest absolute Gasteiger partial charge is 0.490 e. The lowest BCUT2D eigenvalue weighted by Gasteiger charge is -2.11. The number of hydrogen-bond donors (Lipinski definition) is 0. The minimum absolute atomic E-state index is 0.0129. The molecule has 20 heavy (non-hydrogen) atoms. The molecule has 102 valence electrons. The second-order valence-corrected chi connectivity index (χ2v) is 4.96. The number of carbonyl (C=O) groups excluding carboxylic acids is 1. The molecule has 1 aliphatic heterocycles. The molecule has 1 heterocycles. The first-order valence-corrected chi connectivity index (χ1v) is 6.69. The molecule has 0 saturated carbocycles. The summed E-state index contributed by atoms with van der Waals surface area (Å²) < 4.78 is 10.8. The number of aryl methyl sites for hydroxylation is 1. The fourth-order valence-electron chi connectivity index (χ4n) is 2.04. The molecule has 0 amide bonds. The standard InChI is InChI=1S/C17H16O3/c1-12-7-8-16(20-11-14-10-19-14)15(9-12)17(18)13-5-3-2-4-6-13/h2-9,14H,10-11H2,1H3. The maximum absolute atomic E-state index is 12.6. The molecule has 3 heteroatoms. The Morgan fingerprint density at radius 3 is 2.70 bits per heavy atom. The van der Waals surface area contributed by atoms with Gasteiger partial charge < -0.3 is 9.47 Å². The van der Waals surface area contributed by atoms with Gasteiger partial charge >= 0.3 is 0 Å². The molecule has 3 rings (SSSR count). The zero-order chi connectivity index (χ0) is 13.9. The van der Waals surface area contributed by atoms with Crippen molar-refractivity contribution >= 4 is 5.78 Å². The van der Waals surface area contributed by atoms with Gasteiger partial charge in [-0.15, -0.1) is 0 Å². The van der Waals surface area contributed by atoms with Crippen molar-refractivity contribution in [2.75, 3.05) is 13.2 Å². The van der Waals surface area contributed by atoms with Crippen LogP contribution < -0.4 is 4.74 Å². The second kappa shape index (κ2) is 5.47. The van der Waals surface area contributed by atoms with Crippen LogP contribution in [0.4, 0.5) is 0 Å². The first-order chi connectivity index (χ1) is 9.74. The van der Waals surface area contributed by atoms with E-state index in [0.717, 1.165) is 12.2 Å². The molecule has 2 aromatic rings. The van der Waals surface area contributed by atoms with Crippen LogP contribution in [0.5, 0.6) is 5.75 Å². The Kier molecular flexibility index (Phi) is 3.52. The van der Waals surface area contributed by atoms with Gasteiger partial charge in [0.05, 0.1) is 12.2 Å². The summed E-state index contributed by atoms with van der Waals surface area (Å²) in [5.74, 6) is 0.612. The topological polar surface area (TPSA) is 38.8 Å². The van der Waals surface area contributed by atoms with Gasteiger partial charge in [-0.2, -0.15) is 0 Å². The van der Waals surface area contributed by atoms with Gasteiger partial charge in [0, 0.05) is 5.56 Å². The van der Waals surface area contributed by atoms with E-state index >= 15 is 0 Å². The normalized spacial score (nSPS) is 16.8. The smallest absolute Gasteiger partial charge is 0.196 e. The van der Waals surface area contributed by atoms with Crippen LogP contribution >= 0.6 is 0 Å². The molecular weight excluding hydrogens is 252 g/mol. The van der Waals surface area contributed by atoms with Crippen LogP contribution in [0.3, 0.4) is 0 Å². The van der Waals surface area contributed by atoms with E-state index in [9.17, 15) is 4.79 Å². The SMILES string of the molecule is Cc1ccc(OCC2CO2)c(C(=O)c2ccccc2)c1. The maximum Gasteiger partial charge on any atom is 0.196 e. The highest BCUT2D eigenvalue weighted by atomic mass is 16.6. The second-order valence-electron chi connectivity index (χ2n) is 4.96. The molecule has 0 aromatic heterocycles. The third-order valence-electron chi connectivity index (χ3n) is 3.24. The fraction of sp³-hybridized carbons (Fsp3) is 0.235. The molecule has 1 atom stereocenters. The predicted octanol–water partition coefficient (Wildman–Crippen LogP) is 3.00. The lowest BCUT2D eigenvalue weighted by Crippen LogP contribution is -2.09. The van der Waals surface area contributed by atoms with Gasteiger partial charge in [0.2, 0.25) is 0 Å². The average Bonchev–Trinajstić information content (AvgIpc) is 3.30. The Balaban J connectivity index is 1.89. The van der Waals surface area contributed by atoms with E-state index in [1.165, 1.54) is 0 Å². The molecule has 0 aliphatic carbocycles. The minimum Gasteiger partial charge on any atom is -0.490 e. The average molecular weight is 268 g/mol. The molecule has 1 unspecified atom stereocenters. The maximum atomic E-state index is 12.6. The quantitative estimate of drug-likeness (QED) is 0.618. The number of ether oxygens (including phenoxy) is 2. The summed E-state index contributed by atoms with van der Waals surface area (Å²) >= 11 is 0. The zero-order valence-electron chi connectivity index (χ0n) is 11.3. The van der Waals surface area contributed by atoms with Crippen LogP contribution in [-0.2, 0) is 4.74 Å². The molecule has 0 radical (unpaired) electrons. The van der Waals surface area contributed by atoms with Crippen LogP contribution in [0.15, 0.2) is 48.5 Å². The number of ketones is 1. The van der Waals surface area contributed by atoms with Gasteiger partial charge in [-0.1, -0.05) is 42.0 Å². The monoisotopic (exact) mass is 268 g/mol. The van der Waals surface area contributed by atoms with Crippen LogP contribution in [0.2, 0.25) is 0 Å². The third kappa shape index (κ3) is 2.89. The van der Waals surface area contributed by atoms with Crippen LogP contribution in [0.1, 0.15) is 21.5 Å². The third-order valence-corrected chi connectivity index (χ3v) is 3.24. The molecule has 0 N–H and O–H groups in total. The summed E-state index contributed by atoms with van der Waals surface area (Å²) in [5.41, 5.74) is 2.32. The Bertz CT molecular complexity index is 615. The summed E-state index contributed by atoms with van der Waals surface area (Å²) in [6, 6.07) is 14.9. The predicted molar refractivity (Wildman–Crippen MR) is 76.3 cm³/mol. The van der Waals surface area contributed by atoms with Crippen molar-refractivity contribution < 1.29 is 14.3 Å². The van der Waals surface area contributed by atoms with Crippen molar-refractivity contribution in [2.24, 2.45) is 0 Å². The number of benzene rings is 2. The van der Waals surface area contributed by atoms with E-state index in [2.05, 4.69) is 0 Å². The number of hydrogen-bond acceptors (Lipinski definition) is 3. The van der Waals surface area contributed by atoms with E-state index in [1.54, 1.807) is 0 Å². The first kappa shape index (κ1) is 12.9. The van der Waals surface area contributed by atoms with Gasteiger partial charge in [-0.05, 0) is 19.1 Å². The van der Waals surface area contributed by atoms with Gasteiger partial charge in [-0.25, -0.2) is 0 Å². The summed E-state index contributed by atoms with van der Waals surface area (Å²) in [6.45, 7) is 3.21. The number of epoxide rings is 1. The van der Waals surface area contributed by atoms with Crippen LogP contribution in [0, 0.1) is 6.92 Å². The van der Waals surface area contributed by atoms with Gasteiger partial charge in [0.1, 0.15) is 18.5 Å². The van der Waals surface area contributed by atoms with Gasteiger partial charge in [0.15, 0.2) is 5.78 Å². The minimum atomic E-state index is -0.0129. The fourth-order valence-corrected chi connectivity index (χ4v) is 2.04. The van der Waals surface area contributed by atoms with E-state index in [1.807, 2.05) is 55.5 Å². The molecule has 2 aromatic carbocycles.